The van der Waals surface area contributed by atoms with E-state index in [-0.39, 0.29) is 0 Å². The third kappa shape index (κ3) is 3.58. The molecule has 14 heavy (non-hydrogen) atoms. The van der Waals surface area contributed by atoms with Crippen molar-refractivity contribution in [2.75, 3.05) is 26.3 Å². The summed E-state index contributed by atoms with van der Waals surface area (Å²) in [4.78, 5) is 2.61. The highest BCUT2D eigenvalue weighted by molar-refractivity contribution is 4.76. The van der Waals surface area contributed by atoms with Gasteiger partial charge in [0, 0.05) is 19.1 Å². The summed E-state index contributed by atoms with van der Waals surface area (Å²) >= 11 is 0. The SMILES string of the molecule is CCCCC(C(C)C)N1CCOCC1. The number of rotatable bonds is 5. The molecule has 1 saturated heterocycles. The van der Waals surface area contributed by atoms with Crippen LogP contribution in [0.1, 0.15) is 40.0 Å². The van der Waals surface area contributed by atoms with Gasteiger partial charge < -0.3 is 4.74 Å². The Labute approximate surface area is 88.6 Å². The molecule has 0 radical (unpaired) electrons. The van der Waals surface area contributed by atoms with E-state index in [2.05, 4.69) is 25.7 Å². The lowest BCUT2D eigenvalue weighted by atomic mass is 9.96. The van der Waals surface area contributed by atoms with Crippen LogP contribution in [0.15, 0.2) is 0 Å². The van der Waals surface area contributed by atoms with E-state index in [4.69, 9.17) is 4.74 Å². The zero-order chi connectivity index (χ0) is 10.4. The zero-order valence-electron chi connectivity index (χ0n) is 9.96. The van der Waals surface area contributed by atoms with Crippen molar-refractivity contribution >= 4 is 0 Å². The van der Waals surface area contributed by atoms with Gasteiger partial charge in [-0.25, -0.2) is 0 Å². The maximum Gasteiger partial charge on any atom is 0.0594 e. The summed E-state index contributed by atoms with van der Waals surface area (Å²) in [5.74, 6) is 0.777. The fourth-order valence-electron chi connectivity index (χ4n) is 2.26. The first-order valence-electron chi connectivity index (χ1n) is 6.07. The third-order valence-electron chi connectivity index (χ3n) is 3.14. The molecule has 0 spiro atoms. The van der Waals surface area contributed by atoms with Gasteiger partial charge in [-0.15, -0.1) is 0 Å². The maximum absolute atomic E-state index is 5.39. The maximum atomic E-state index is 5.39. The first-order valence-corrected chi connectivity index (χ1v) is 6.07. The first kappa shape index (κ1) is 12.0. The van der Waals surface area contributed by atoms with Gasteiger partial charge in [0.25, 0.3) is 0 Å². The summed E-state index contributed by atoms with van der Waals surface area (Å²) in [6.45, 7) is 11.1. The van der Waals surface area contributed by atoms with Crippen LogP contribution in [0.4, 0.5) is 0 Å². The van der Waals surface area contributed by atoms with Gasteiger partial charge in [0.15, 0.2) is 0 Å². The zero-order valence-corrected chi connectivity index (χ0v) is 9.96. The van der Waals surface area contributed by atoms with Crippen molar-refractivity contribution in [2.45, 2.75) is 46.1 Å². The number of ether oxygens (including phenoxy) is 1. The van der Waals surface area contributed by atoms with Gasteiger partial charge in [0.2, 0.25) is 0 Å². The van der Waals surface area contributed by atoms with Gasteiger partial charge in [0.05, 0.1) is 13.2 Å². The number of hydrogen-bond donors (Lipinski definition) is 0. The quantitative estimate of drug-likeness (QED) is 0.674. The second kappa shape index (κ2) is 6.41. The molecule has 0 bridgehead atoms. The number of nitrogens with zero attached hydrogens (tertiary/aromatic N) is 1. The van der Waals surface area contributed by atoms with E-state index in [1.54, 1.807) is 0 Å². The van der Waals surface area contributed by atoms with E-state index < -0.39 is 0 Å². The molecule has 0 aromatic carbocycles. The Balaban J connectivity index is 2.39. The van der Waals surface area contributed by atoms with Crippen LogP contribution in [0.5, 0.6) is 0 Å². The first-order chi connectivity index (χ1) is 6.75. The van der Waals surface area contributed by atoms with Crippen molar-refractivity contribution in [2.24, 2.45) is 5.92 Å². The molecule has 0 amide bonds. The molecule has 1 rings (SSSR count). The molecule has 0 aromatic rings. The normalized spacial score (nSPS) is 21.4. The molecule has 0 saturated carbocycles. The Morgan fingerprint density at radius 3 is 2.36 bits per heavy atom. The van der Waals surface area contributed by atoms with Crippen LogP contribution in [0.2, 0.25) is 0 Å². The Hall–Kier alpha value is -0.0800. The molecule has 2 nitrogen and oxygen atoms in total. The molecule has 1 atom stereocenters. The van der Waals surface area contributed by atoms with E-state index >= 15 is 0 Å². The van der Waals surface area contributed by atoms with Crippen molar-refractivity contribution in [1.29, 1.82) is 0 Å². The summed E-state index contributed by atoms with van der Waals surface area (Å²) in [5, 5.41) is 0. The molecular formula is C12H25NO. The summed E-state index contributed by atoms with van der Waals surface area (Å²) in [6, 6.07) is 0.777. The van der Waals surface area contributed by atoms with Gasteiger partial charge in [-0.2, -0.15) is 0 Å². The van der Waals surface area contributed by atoms with Crippen LogP contribution in [-0.4, -0.2) is 37.2 Å². The topological polar surface area (TPSA) is 12.5 Å². The molecule has 1 unspecified atom stereocenters. The lowest BCUT2D eigenvalue weighted by Gasteiger charge is -2.37. The van der Waals surface area contributed by atoms with Gasteiger partial charge in [-0.3, -0.25) is 4.90 Å². The molecule has 1 heterocycles. The Morgan fingerprint density at radius 1 is 1.21 bits per heavy atom. The average Bonchev–Trinajstić information content (AvgIpc) is 2.19. The van der Waals surface area contributed by atoms with Crippen molar-refractivity contribution in [3.63, 3.8) is 0 Å². The lowest BCUT2D eigenvalue weighted by molar-refractivity contribution is 0.00371. The molecule has 84 valence electrons. The predicted octanol–water partition coefficient (Wildman–Crippen LogP) is 2.53. The fraction of sp³-hybridized carbons (Fsp3) is 1.00. The molecule has 1 aliphatic rings. The minimum Gasteiger partial charge on any atom is -0.379 e. The van der Waals surface area contributed by atoms with E-state index in [0.717, 1.165) is 38.3 Å². The minimum absolute atomic E-state index is 0.777. The van der Waals surface area contributed by atoms with E-state index in [9.17, 15) is 0 Å². The van der Waals surface area contributed by atoms with Crippen molar-refractivity contribution < 1.29 is 4.74 Å². The summed E-state index contributed by atoms with van der Waals surface area (Å²) in [7, 11) is 0. The Kier molecular flexibility index (Phi) is 5.49. The van der Waals surface area contributed by atoms with Crippen LogP contribution in [0.25, 0.3) is 0 Å². The molecule has 1 fully saturated rings. The van der Waals surface area contributed by atoms with Gasteiger partial charge in [-0.1, -0.05) is 33.6 Å². The third-order valence-corrected chi connectivity index (χ3v) is 3.14. The largest absolute Gasteiger partial charge is 0.379 e. The number of morpholine rings is 1. The molecule has 0 aliphatic carbocycles. The van der Waals surface area contributed by atoms with Crippen LogP contribution in [0.3, 0.4) is 0 Å². The van der Waals surface area contributed by atoms with Crippen molar-refractivity contribution in [1.82, 2.24) is 4.90 Å². The van der Waals surface area contributed by atoms with E-state index in [0.29, 0.717) is 0 Å². The van der Waals surface area contributed by atoms with Gasteiger partial charge in [0.1, 0.15) is 0 Å². The molecular weight excluding hydrogens is 174 g/mol. The standard InChI is InChI=1S/C12H25NO/c1-4-5-6-12(11(2)3)13-7-9-14-10-8-13/h11-12H,4-10H2,1-3H3. The predicted molar refractivity (Wildman–Crippen MR) is 60.5 cm³/mol. The monoisotopic (exact) mass is 199 g/mol. The Bertz CT molecular complexity index is 141. The average molecular weight is 199 g/mol. The molecule has 0 N–H and O–H groups in total. The lowest BCUT2D eigenvalue weighted by Crippen LogP contribution is -2.45. The van der Waals surface area contributed by atoms with E-state index in [1.165, 1.54) is 19.3 Å². The highest BCUT2D eigenvalue weighted by Crippen LogP contribution is 2.18. The number of hydrogen-bond acceptors (Lipinski definition) is 2. The molecule has 0 aromatic heterocycles. The number of unbranched alkanes of at least 4 members (excludes halogenated alkanes) is 1. The summed E-state index contributed by atoms with van der Waals surface area (Å²) in [6.07, 6.45) is 4.03. The Morgan fingerprint density at radius 2 is 1.86 bits per heavy atom. The second-order valence-electron chi connectivity index (χ2n) is 4.60. The van der Waals surface area contributed by atoms with Crippen LogP contribution >= 0.6 is 0 Å². The van der Waals surface area contributed by atoms with E-state index in [1.807, 2.05) is 0 Å². The van der Waals surface area contributed by atoms with Crippen LogP contribution in [-0.2, 0) is 4.74 Å². The van der Waals surface area contributed by atoms with Crippen molar-refractivity contribution in [3.05, 3.63) is 0 Å². The second-order valence-corrected chi connectivity index (χ2v) is 4.60. The van der Waals surface area contributed by atoms with Gasteiger partial charge >= 0.3 is 0 Å². The highest BCUT2D eigenvalue weighted by atomic mass is 16.5. The summed E-state index contributed by atoms with van der Waals surface area (Å²) < 4.78 is 5.39. The fourth-order valence-corrected chi connectivity index (χ4v) is 2.26. The minimum atomic E-state index is 0.777. The van der Waals surface area contributed by atoms with Crippen LogP contribution in [0, 0.1) is 5.92 Å². The molecule has 1 aliphatic heterocycles. The smallest absolute Gasteiger partial charge is 0.0594 e. The summed E-state index contributed by atoms with van der Waals surface area (Å²) in [5.41, 5.74) is 0. The van der Waals surface area contributed by atoms with Crippen LogP contribution < -0.4 is 0 Å². The van der Waals surface area contributed by atoms with Crippen molar-refractivity contribution in [3.8, 4) is 0 Å². The van der Waals surface area contributed by atoms with Gasteiger partial charge in [-0.05, 0) is 12.3 Å². The molecule has 2 heteroatoms. The highest BCUT2D eigenvalue weighted by Gasteiger charge is 2.22.